The van der Waals surface area contributed by atoms with Gasteiger partial charge in [0, 0.05) is 11.4 Å². The Hall–Kier alpha value is -2.66. The van der Waals surface area contributed by atoms with Crippen molar-refractivity contribution in [1.82, 2.24) is 0 Å². The molecule has 1 atom stereocenters. The van der Waals surface area contributed by atoms with E-state index < -0.39 is 24.3 Å². The molecule has 0 aliphatic heterocycles. The van der Waals surface area contributed by atoms with E-state index in [0.29, 0.717) is 11.4 Å². The summed E-state index contributed by atoms with van der Waals surface area (Å²) in [6.45, 7) is 0. The molecule has 21 heavy (non-hydrogen) atoms. The number of hydrogen-bond acceptors (Lipinski definition) is 3. The Balaban J connectivity index is 2.37. The maximum absolute atomic E-state index is 12.5. The Kier molecular flexibility index (Phi) is 4.68. The monoisotopic (exact) mass is 284 g/mol. The van der Waals surface area contributed by atoms with Crippen LogP contribution in [0.5, 0.6) is 0 Å². The quantitative estimate of drug-likeness (QED) is 0.881. The lowest BCUT2D eigenvalue weighted by Gasteiger charge is -2.25. The maximum atomic E-state index is 12.5. The summed E-state index contributed by atoms with van der Waals surface area (Å²) < 4.78 is 0. The number of benzene rings is 2. The third kappa shape index (κ3) is 3.67. The number of carbonyl (C=O) groups is 2. The number of anilines is 2. The molecule has 0 aromatic heterocycles. The average molecular weight is 284 g/mol. The van der Waals surface area contributed by atoms with E-state index in [1.165, 1.54) is 4.90 Å². The van der Waals surface area contributed by atoms with E-state index in [1.807, 2.05) is 12.1 Å². The molecule has 2 aromatic carbocycles. The van der Waals surface area contributed by atoms with Crippen molar-refractivity contribution in [2.75, 3.05) is 4.90 Å². The SMILES string of the molecule is N[C@@H](CC(=O)O)C(=O)N(c1ccccc1)c1ccccc1. The summed E-state index contributed by atoms with van der Waals surface area (Å²) >= 11 is 0. The highest BCUT2D eigenvalue weighted by Crippen LogP contribution is 2.25. The molecule has 2 aromatic rings. The largest absolute Gasteiger partial charge is 0.481 e. The lowest BCUT2D eigenvalue weighted by atomic mass is 10.1. The van der Waals surface area contributed by atoms with Crippen LogP contribution in [0.1, 0.15) is 6.42 Å². The van der Waals surface area contributed by atoms with Crippen molar-refractivity contribution >= 4 is 23.3 Å². The number of carbonyl (C=O) groups excluding carboxylic acids is 1. The zero-order valence-corrected chi connectivity index (χ0v) is 11.3. The molecule has 0 spiro atoms. The van der Waals surface area contributed by atoms with Gasteiger partial charge in [-0.05, 0) is 24.3 Å². The molecule has 0 radical (unpaired) electrons. The van der Waals surface area contributed by atoms with Crippen LogP contribution in [0.25, 0.3) is 0 Å². The third-order valence-corrected chi connectivity index (χ3v) is 2.96. The molecule has 0 saturated heterocycles. The highest BCUT2D eigenvalue weighted by atomic mass is 16.4. The normalized spacial score (nSPS) is 11.7. The molecular formula is C16H16N2O3. The molecular weight excluding hydrogens is 268 g/mol. The number of carboxylic acid groups (broad SMARTS) is 1. The van der Waals surface area contributed by atoms with Crippen molar-refractivity contribution in [3.63, 3.8) is 0 Å². The van der Waals surface area contributed by atoms with Crippen LogP contribution in [0.4, 0.5) is 11.4 Å². The van der Waals surface area contributed by atoms with E-state index in [4.69, 9.17) is 10.8 Å². The second-order valence-electron chi connectivity index (χ2n) is 4.55. The molecule has 5 heteroatoms. The van der Waals surface area contributed by atoms with Crippen molar-refractivity contribution in [3.05, 3.63) is 60.7 Å². The Morgan fingerprint density at radius 1 is 0.952 bits per heavy atom. The number of carboxylic acids is 1. The Morgan fingerprint density at radius 2 is 1.38 bits per heavy atom. The Morgan fingerprint density at radius 3 is 1.76 bits per heavy atom. The predicted molar refractivity (Wildman–Crippen MR) is 80.3 cm³/mol. The minimum absolute atomic E-state index is 0.408. The van der Waals surface area contributed by atoms with Crippen LogP contribution in [0.2, 0.25) is 0 Å². The zero-order valence-electron chi connectivity index (χ0n) is 11.3. The second-order valence-corrected chi connectivity index (χ2v) is 4.55. The molecule has 2 rings (SSSR count). The molecule has 0 aliphatic rings. The number of aliphatic carboxylic acids is 1. The van der Waals surface area contributed by atoms with Gasteiger partial charge in [0.1, 0.15) is 0 Å². The molecule has 5 nitrogen and oxygen atoms in total. The minimum atomic E-state index is -1.10. The summed E-state index contributed by atoms with van der Waals surface area (Å²) in [5.41, 5.74) is 7.02. The van der Waals surface area contributed by atoms with E-state index in [1.54, 1.807) is 48.5 Å². The van der Waals surface area contributed by atoms with Crippen molar-refractivity contribution in [3.8, 4) is 0 Å². The van der Waals surface area contributed by atoms with Crippen LogP contribution >= 0.6 is 0 Å². The van der Waals surface area contributed by atoms with Gasteiger partial charge in [-0.2, -0.15) is 0 Å². The summed E-state index contributed by atoms with van der Waals surface area (Å²) in [7, 11) is 0. The van der Waals surface area contributed by atoms with E-state index in [-0.39, 0.29) is 0 Å². The fourth-order valence-corrected chi connectivity index (χ4v) is 2.00. The van der Waals surface area contributed by atoms with Crippen LogP contribution in [-0.4, -0.2) is 23.0 Å². The van der Waals surface area contributed by atoms with Crippen molar-refractivity contribution in [1.29, 1.82) is 0 Å². The van der Waals surface area contributed by atoms with E-state index >= 15 is 0 Å². The van der Waals surface area contributed by atoms with E-state index in [0.717, 1.165) is 0 Å². The van der Waals surface area contributed by atoms with Crippen molar-refractivity contribution in [2.24, 2.45) is 5.73 Å². The number of nitrogens with zero attached hydrogens (tertiary/aromatic N) is 1. The van der Waals surface area contributed by atoms with Gasteiger partial charge in [-0.1, -0.05) is 36.4 Å². The maximum Gasteiger partial charge on any atom is 0.305 e. The van der Waals surface area contributed by atoms with E-state index in [9.17, 15) is 9.59 Å². The molecule has 108 valence electrons. The summed E-state index contributed by atoms with van der Waals surface area (Å²) in [5, 5.41) is 8.80. The van der Waals surface area contributed by atoms with Gasteiger partial charge in [-0.15, -0.1) is 0 Å². The van der Waals surface area contributed by atoms with Gasteiger partial charge < -0.3 is 10.8 Å². The first-order valence-electron chi connectivity index (χ1n) is 6.51. The average Bonchev–Trinajstić information content (AvgIpc) is 2.49. The second kappa shape index (κ2) is 6.67. The summed E-state index contributed by atoms with van der Waals surface area (Å²) in [6.07, 6.45) is -0.408. The number of para-hydroxylation sites is 2. The number of nitrogens with two attached hydrogens (primary N) is 1. The minimum Gasteiger partial charge on any atom is -0.481 e. The van der Waals surface area contributed by atoms with Gasteiger partial charge in [0.25, 0.3) is 0 Å². The summed E-state index contributed by atoms with van der Waals surface area (Å²) in [5.74, 6) is -1.55. The number of hydrogen-bond donors (Lipinski definition) is 2. The third-order valence-electron chi connectivity index (χ3n) is 2.96. The standard InChI is InChI=1S/C16H16N2O3/c17-14(11-15(19)20)16(21)18(12-7-3-1-4-8-12)13-9-5-2-6-10-13/h1-10,14H,11,17H2,(H,19,20)/t14-/m0/s1. The number of amides is 1. The molecule has 0 bridgehead atoms. The molecule has 0 saturated carbocycles. The van der Waals surface area contributed by atoms with Gasteiger partial charge in [0.05, 0.1) is 12.5 Å². The summed E-state index contributed by atoms with van der Waals surface area (Å²) in [4.78, 5) is 24.7. The van der Waals surface area contributed by atoms with E-state index in [2.05, 4.69) is 0 Å². The Bertz CT molecular complexity index is 574. The molecule has 0 heterocycles. The summed E-state index contributed by atoms with van der Waals surface area (Å²) in [6, 6.07) is 16.9. The molecule has 0 unspecified atom stereocenters. The first kappa shape index (κ1) is 14.7. The topological polar surface area (TPSA) is 83.6 Å². The van der Waals surface area contributed by atoms with Crippen molar-refractivity contribution in [2.45, 2.75) is 12.5 Å². The van der Waals surface area contributed by atoms with Crippen LogP contribution in [0.15, 0.2) is 60.7 Å². The van der Waals surface area contributed by atoms with Gasteiger partial charge in [-0.25, -0.2) is 0 Å². The van der Waals surface area contributed by atoms with Gasteiger partial charge in [-0.3, -0.25) is 14.5 Å². The molecule has 0 aliphatic carbocycles. The van der Waals surface area contributed by atoms with Crippen LogP contribution in [0, 0.1) is 0 Å². The van der Waals surface area contributed by atoms with Gasteiger partial charge in [0.2, 0.25) is 5.91 Å². The van der Waals surface area contributed by atoms with Crippen LogP contribution in [-0.2, 0) is 9.59 Å². The lowest BCUT2D eigenvalue weighted by Crippen LogP contribution is -2.42. The van der Waals surface area contributed by atoms with Crippen molar-refractivity contribution < 1.29 is 14.7 Å². The molecule has 1 amide bonds. The predicted octanol–water partition coefficient (Wildman–Crippen LogP) is 2.15. The number of rotatable bonds is 5. The molecule has 3 N–H and O–H groups in total. The van der Waals surface area contributed by atoms with Gasteiger partial charge >= 0.3 is 5.97 Å². The lowest BCUT2D eigenvalue weighted by molar-refractivity contribution is -0.139. The van der Waals surface area contributed by atoms with Crippen LogP contribution in [0.3, 0.4) is 0 Å². The molecule has 0 fully saturated rings. The fraction of sp³-hybridized carbons (Fsp3) is 0.125. The highest BCUT2D eigenvalue weighted by molar-refractivity contribution is 6.04. The smallest absolute Gasteiger partial charge is 0.305 e. The fourth-order valence-electron chi connectivity index (χ4n) is 2.00. The van der Waals surface area contributed by atoms with Crippen LogP contribution < -0.4 is 10.6 Å². The van der Waals surface area contributed by atoms with Gasteiger partial charge in [0.15, 0.2) is 0 Å². The first-order valence-corrected chi connectivity index (χ1v) is 6.51. The zero-order chi connectivity index (χ0) is 15.2. The first-order chi connectivity index (χ1) is 10.1. The Labute approximate surface area is 122 Å². The highest BCUT2D eigenvalue weighted by Gasteiger charge is 2.25.